The second-order valence-corrected chi connectivity index (χ2v) is 6.81. The van der Waals surface area contributed by atoms with Crippen molar-refractivity contribution in [1.29, 1.82) is 0 Å². The maximum atomic E-state index is 6.16. The third kappa shape index (κ3) is 3.55. The van der Waals surface area contributed by atoms with Crippen molar-refractivity contribution in [2.45, 2.75) is 11.8 Å². The first kappa shape index (κ1) is 16.7. The molecule has 1 unspecified atom stereocenters. The van der Waals surface area contributed by atoms with Crippen molar-refractivity contribution in [3.05, 3.63) is 56.5 Å². The molecule has 0 aliphatic rings. The summed E-state index contributed by atoms with van der Waals surface area (Å²) in [5.41, 5.74) is 3.13. The minimum absolute atomic E-state index is 0.0445. The lowest BCUT2D eigenvalue weighted by atomic mass is 10.0. The summed E-state index contributed by atoms with van der Waals surface area (Å²) in [6.07, 6.45) is 0. The van der Waals surface area contributed by atoms with Gasteiger partial charge in [0.2, 0.25) is 0 Å². The van der Waals surface area contributed by atoms with Crippen LogP contribution >= 0.6 is 43.5 Å². The Hall–Kier alpha value is -0.710. The molecule has 0 amide bonds. The summed E-state index contributed by atoms with van der Waals surface area (Å²) in [4.78, 5) is -0.0445. The first-order chi connectivity index (χ1) is 9.97. The number of aryl methyl sites for hydroxylation is 1. The Labute approximate surface area is 146 Å². The molecule has 0 heterocycles. The zero-order valence-electron chi connectivity index (χ0n) is 11.9. The molecular weight excluding hydrogens is 419 g/mol. The SMILES string of the molecule is COc1cc(C(Br)c2cc(Cl)cc(Br)c2OC)ccc1C. The number of benzene rings is 2. The predicted octanol–water partition coefficient (Wildman–Crippen LogP) is 5.91. The molecule has 0 saturated carbocycles. The summed E-state index contributed by atoms with van der Waals surface area (Å²) < 4.78 is 11.7. The molecular formula is C16H15Br2ClO2. The van der Waals surface area contributed by atoms with Gasteiger partial charge in [0.25, 0.3) is 0 Å². The third-order valence-corrected chi connectivity index (χ3v) is 5.07. The number of halogens is 3. The molecule has 5 heteroatoms. The average Bonchev–Trinajstić information content (AvgIpc) is 2.46. The van der Waals surface area contributed by atoms with Gasteiger partial charge in [-0.2, -0.15) is 0 Å². The van der Waals surface area contributed by atoms with Crippen LogP contribution in [0.15, 0.2) is 34.8 Å². The standard InChI is InChI=1S/C16H15Br2ClO2/c1-9-4-5-10(6-14(9)20-2)15(18)12-7-11(19)8-13(17)16(12)21-3/h4-8,15H,1-3H3. The number of hydrogen-bond acceptors (Lipinski definition) is 2. The minimum atomic E-state index is -0.0445. The van der Waals surface area contributed by atoms with E-state index in [1.807, 2.05) is 31.2 Å². The van der Waals surface area contributed by atoms with E-state index in [2.05, 4.69) is 37.9 Å². The van der Waals surface area contributed by atoms with E-state index in [1.54, 1.807) is 14.2 Å². The lowest BCUT2D eigenvalue weighted by Gasteiger charge is -2.17. The van der Waals surface area contributed by atoms with E-state index < -0.39 is 0 Å². The molecule has 0 aliphatic carbocycles. The second-order valence-electron chi connectivity index (χ2n) is 4.60. The number of ether oxygens (including phenoxy) is 2. The lowest BCUT2D eigenvalue weighted by Crippen LogP contribution is -1.99. The van der Waals surface area contributed by atoms with Gasteiger partial charge in [0, 0.05) is 10.6 Å². The fourth-order valence-electron chi connectivity index (χ4n) is 2.16. The van der Waals surface area contributed by atoms with Crippen molar-refractivity contribution in [1.82, 2.24) is 0 Å². The Kier molecular flexibility index (Phi) is 5.58. The molecule has 0 aliphatic heterocycles. The van der Waals surface area contributed by atoms with Gasteiger partial charge < -0.3 is 9.47 Å². The molecule has 112 valence electrons. The summed E-state index contributed by atoms with van der Waals surface area (Å²) in [5.74, 6) is 1.62. The van der Waals surface area contributed by atoms with Gasteiger partial charge in [0.1, 0.15) is 11.5 Å². The Morgan fingerprint density at radius 3 is 2.43 bits per heavy atom. The fraction of sp³-hybridized carbons (Fsp3) is 0.250. The quantitative estimate of drug-likeness (QED) is 0.557. The van der Waals surface area contributed by atoms with Gasteiger partial charge in [-0.15, -0.1) is 0 Å². The van der Waals surface area contributed by atoms with Crippen molar-refractivity contribution >= 4 is 43.5 Å². The van der Waals surface area contributed by atoms with E-state index in [-0.39, 0.29) is 4.83 Å². The summed E-state index contributed by atoms with van der Waals surface area (Å²) in [7, 11) is 3.32. The van der Waals surface area contributed by atoms with Crippen molar-refractivity contribution in [2.24, 2.45) is 0 Å². The molecule has 0 bridgehead atoms. The van der Waals surface area contributed by atoms with Gasteiger partial charge in [-0.3, -0.25) is 0 Å². The monoisotopic (exact) mass is 432 g/mol. The van der Waals surface area contributed by atoms with Crippen molar-refractivity contribution in [3.63, 3.8) is 0 Å². The molecule has 2 rings (SSSR count). The van der Waals surface area contributed by atoms with E-state index >= 15 is 0 Å². The van der Waals surface area contributed by atoms with Gasteiger partial charge in [0.15, 0.2) is 0 Å². The molecule has 0 saturated heterocycles. The predicted molar refractivity (Wildman–Crippen MR) is 94.2 cm³/mol. The first-order valence-corrected chi connectivity index (χ1v) is 8.38. The highest BCUT2D eigenvalue weighted by Crippen LogP contribution is 2.42. The Bertz CT molecular complexity index is 659. The van der Waals surface area contributed by atoms with Crippen LogP contribution in [0.1, 0.15) is 21.5 Å². The molecule has 2 aromatic carbocycles. The summed E-state index contributed by atoms with van der Waals surface area (Å²) in [6, 6.07) is 9.83. The zero-order valence-corrected chi connectivity index (χ0v) is 15.8. The maximum absolute atomic E-state index is 6.16. The van der Waals surface area contributed by atoms with E-state index in [0.717, 1.165) is 32.7 Å². The maximum Gasteiger partial charge on any atom is 0.137 e. The molecule has 0 aromatic heterocycles. The number of methoxy groups -OCH3 is 2. The van der Waals surface area contributed by atoms with Crippen molar-refractivity contribution in [3.8, 4) is 11.5 Å². The average molecular weight is 435 g/mol. The topological polar surface area (TPSA) is 18.5 Å². The van der Waals surface area contributed by atoms with Crippen molar-refractivity contribution < 1.29 is 9.47 Å². The van der Waals surface area contributed by atoms with Crippen LogP contribution in [-0.2, 0) is 0 Å². The zero-order chi connectivity index (χ0) is 15.6. The molecule has 0 radical (unpaired) electrons. The highest BCUT2D eigenvalue weighted by molar-refractivity contribution is 9.10. The van der Waals surface area contributed by atoms with Gasteiger partial charge in [-0.1, -0.05) is 39.7 Å². The normalized spacial score (nSPS) is 12.1. The van der Waals surface area contributed by atoms with E-state index in [4.69, 9.17) is 21.1 Å². The highest BCUT2D eigenvalue weighted by Gasteiger charge is 2.19. The second kappa shape index (κ2) is 7.03. The molecule has 2 aromatic rings. The van der Waals surface area contributed by atoms with Crippen LogP contribution in [-0.4, -0.2) is 14.2 Å². The summed E-state index contributed by atoms with van der Waals surface area (Å²) in [6.45, 7) is 2.02. The van der Waals surface area contributed by atoms with Crippen LogP contribution in [0, 0.1) is 6.92 Å². The lowest BCUT2D eigenvalue weighted by molar-refractivity contribution is 0.407. The minimum Gasteiger partial charge on any atom is -0.496 e. The molecule has 1 atom stereocenters. The fourth-order valence-corrected chi connectivity index (χ4v) is 3.78. The van der Waals surface area contributed by atoms with E-state index in [0.29, 0.717) is 5.02 Å². The van der Waals surface area contributed by atoms with Crippen LogP contribution in [0.4, 0.5) is 0 Å². The van der Waals surface area contributed by atoms with Crippen LogP contribution in [0.25, 0.3) is 0 Å². The molecule has 21 heavy (non-hydrogen) atoms. The molecule has 2 nitrogen and oxygen atoms in total. The van der Waals surface area contributed by atoms with Gasteiger partial charge >= 0.3 is 0 Å². The molecule has 0 fully saturated rings. The highest BCUT2D eigenvalue weighted by atomic mass is 79.9. The van der Waals surface area contributed by atoms with E-state index in [1.165, 1.54) is 0 Å². The Balaban J connectivity index is 2.51. The smallest absolute Gasteiger partial charge is 0.137 e. The number of alkyl halides is 1. The Morgan fingerprint density at radius 2 is 1.81 bits per heavy atom. The van der Waals surface area contributed by atoms with Gasteiger partial charge in [-0.05, 0) is 52.2 Å². The van der Waals surface area contributed by atoms with E-state index in [9.17, 15) is 0 Å². The van der Waals surface area contributed by atoms with Crippen LogP contribution in [0.2, 0.25) is 5.02 Å². The van der Waals surface area contributed by atoms with Crippen LogP contribution < -0.4 is 9.47 Å². The number of hydrogen-bond donors (Lipinski definition) is 0. The van der Waals surface area contributed by atoms with Crippen molar-refractivity contribution in [2.75, 3.05) is 14.2 Å². The molecule has 0 N–H and O–H groups in total. The largest absolute Gasteiger partial charge is 0.496 e. The number of rotatable bonds is 4. The van der Waals surface area contributed by atoms with Crippen LogP contribution in [0.3, 0.4) is 0 Å². The summed E-state index contributed by atoms with van der Waals surface area (Å²) >= 11 is 13.4. The Morgan fingerprint density at radius 1 is 1.10 bits per heavy atom. The molecule has 0 spiro atoms. The third-order valence-electron chi connectivity index (χ3n) is 3.24. The van der Waals surface area contributed by atoms with Crippen LogP contribution in [0.5, 0.6) is 11.5 Å². The first-order valence-electron chi connectivity index (χ1n) is 6.29. The van der Waals surface area contributed by atoms with Gasteiger partial charge in [0.05, 0.1) is 23.5 Å². The summed E-state index contributed by atoms with van der Waals surface area (Å²) in [5, 5.41) is 0.654. The van der Waals surface area contributed by atoms with Gasteiger partial charge in [-0.25, -0.2) is 0 Å².